The molecule has 0 aliphatic heterocycles. The van der Waals surface area contributed by atoms with Gasteiger partial charge in [-0.1, -0.05) is 18.2 Å². The molecule has 5 nitrogen and oxygen atoms in total. The molecular weight excluding hydrogens is 254 g/mol. The van der Waals surface area contributed by atoms with Crippen molar-refractivity contribution in [1.82, 2.24) is 15.3 Å². The van der Waals surface area contributed by atoms with Gasteiger partial charge in [0.15, 0.2) is 6.10 Å². The van der Waals surface area contributed by atoms with E-state index >= 15 is 0 Å². The number of rotatable bonds is 7. The minimum atomic E-state index is -0.499. The Morgan fingerprint density at radius 3 is 2.90 bits per heavy atom. The third-order valence-electron chi connectivity index (χ3n) is 2.87. The van der Waals surface area contributed by atoms with Crippen molar-refractivity contribution in [2.75, 3.05) is 6.54 Å². The Balaban J connectivity index is 1.66. The molecule has 0 fully saturated rings. The Bertz CT molecular complexity index is 511. The van der Waals surface area contributed by atoms with Crippen molar-refractivity contribution >= 4 is 5.91 Å². The number of imidazole rings is 1. The molecule has 2 aromatic rings. The molecule has 1 atom stereocenters. The first kappa shape index (κ1) is 14.1. The average molecular weight is 273 g/mol. The van der Waals surface area contributed by atoms with Crippen LogP contribution in [0.1, 0.15) is 19.2 Å². The number of nitrogens with one attached hydrogen (secondary N) is 2. The van der Waals surface area contributed by atoms with E-state index in [-0.39, 0.29) is 5.91 Å². The van der Waals surface area contributed by atoms with E-state index in [1.54, 1.807) is 19.3 Å². The number of amides is 1. The van der Waals surface area contributed by atoms with Gasteiger partial charge >= 0.3 is 0 Å². The summed E-state index contributed by atoms with van der Waals surface area (Å²) in [7, 11) is 0. The summed E-state index contributed by atoms with van der Waals surface area (Å²) < 4.78 is 5.55. The molecule has 0 radical (unpaired) electrons. The van der Waals surface area contributed by atoms with Gasteiger partial charge in [-0.3, -0.25) is 4.79 Å². The van der Waals surface area contributed by atoms with Crippen LogP contribution in [0, 0.1) is 0 Å². The van der Waals surface area contributed by atoms with Gasteiger partial charge in [0.2, 0.25) is 0 Å². The molecule has 5 heteroatoms. The number of nitrogens with zero attached hydrogens (tertiary/aromatic N) is 1. The zero-order chi connectivity index (χ0) is 14.2. The summed E-state index contributed by atoms with van der Waals surface area (Å²) in [5, 5.41) is 2.86. The number of aromatic amines is 1. The highest BCUT2D eigenvalue weighted by molar-refractivity contribution is 5.80. The third-order valence-corrected chi connectivity index (χ3v) is 2.87. The Labute approximate surface area is 118 Å². The summed E-state index contributed by atoms with van der Waals surface area (Å²) >= 11 is 0. The molecule has 0 saturated heterocycles. The fourth-order valence-electron chi connectivity index (χ4n) is 1.80. The van der Waals surface area contributed by atoms with Gasteiger partial charge in [0, 0.05) is 25.4 Å². The van der Waals surface area contributed by atoms with Crippen LogP contribution in [0.15, 0.2) is 42.7 Å². The fraction of sp³-hybridized carbons (Fsp3) is 0.333. The van der Waals surface area contributed by atoms with Gasteiger partial charge in [0.05, 0.1) is 0 Å². The number of H-pyrrole nitrogens is 1. The zero-order valence-electron chi connectivity index (χ0n) is 11.5. The van der Waals surface area contributed by atoms with E-state index < -0.39 is 6.10 Å². The second-order valence-corrected chi connectivity index (χ2v) is 4.50. The molecule has 106 valence electrons. The number of hydrogen-bond acceptors (Lipinski definition) is 3. The largest absolute Gasteiger partial charge is 0.481 e. The van der Waals surface area contributed by atoms with Gasteiger partial charge in [-0.25, -0.2) is 4.98 Å². The van der Waals surface area contributed by atoms with E-state index in [1.807, 2.05) is 30.3 Å². The van der Waals surface area contributed by atoms with Crippen molar-refractivity contribution in [3.05, 3.63) is 48.5 Å². The molecule has 2 N–H and O–H groups in total. The van der Waals surface area contributed by atoms with Crippen molar-refractivity contribution in [1.29, 1.82) is 0 Å². The number of carbonyl (C=O) groups is 1. The highest BCUT2D eigenvalue weighted by Crippen LogP contribution is 2.10. The molecule has 2 rings (SSSR count). The van der Waals surface area contributed by atoms with Gasteiger partial charge in [0.1, 0.15) is 11.6 Å². The lowest BCUT2D eigenvalue weighted by Gasteiger charge is -2.14. The summed E-state index contributed by atoms with van der Waals surface area (Å²) in [5.41, 5.74) is 0. The van der Waals surface area contributed by atoms with Crippen LogP contribution in [0.5, 0.6) is 5.75 Å². The maximum absolute atomic E-state index is 11.8. The first-order chi connectivity index (χ1) is 9.75. The summed E-state index contributed by atoms with van der Waals surface area (Å²) in [6, 6.07) is 9.33. The topological polar surface area (TPSA) is 67.0 Å². The Kier molecular flexibility index (Phi) is 5.17. The summed E-state index contributed by atoms with van der Waals surface area (Å²) in [4.78, 5) is 19.0. The van der Waals surface area contributed by atoms with Crippen LogP contribution in [-0.2, 0) is 11.2 Å². The van der Waals surface area contributed by atoms with E-state index in [0.717, 1.165) is 18.7 Å². The number of aryl methyl sites for hydroxylation is 1. The lowest BCUT2D eigenvalue weighted by atomic mass is 10.3. The minimum absolute atomic E-state index is 0.103. The van der Waals surface area contributed by atoms with Crippen molar-refractivity contribution in [3.8, 4) is 5.75 Å². The zero-order valence-corrected chi connectivity index (χ0v) is 11.5. The van der Waals surface area contributed by atoms with Gasteiger partial charge in [0.25, 0.3) is 5.91 Å². The molecule has 1 aromatic carbocycles. The van der Waals surface area contributed by atoms with Gasteiger partial charge in [-0.05, 0) is 25.5 Å². The van der Waals surface area contributed by atoms with Gasteiger partial charge < -0.3 is 15.0 Å². The molecule has 1 heterocycles. The van der Waals surface area contributed by atoms with Crippen LogP contribution in [0.2, 0.25) is 0 Å². The van der Waals surface area contributed by atoms with Crippen molar-refractivity contribution < 1.29 is 9.53 Å². The molecule has 0 spiro atoms. The lowest BCUT2D eigenvalue weighted by Crippen LogP contribution is -2.36. The Morgan fingerprint density at radius 2 is 2.20 bits per heavy atom. The first-order valence-corrected chi connectivity index (χ1v) is 6.73. The van der Waals surface area contributed by atoms with Crippen LogP contribution in [0.25, 0.3) is 0 Å². The predicted octanol–water partition coefficient (Wildman–Crippen LogP) is 1.93. The van der Waals surface area contributed by atoms with Crippen LogP contribution in [0.4, 0.5) is 0 Å². The smallest absolute Gasteiger partial charge is 0.260 e. The molecule has 1 aromatic heterocycles. The van der Waals surface area contributed by atoms with Crippen LogP contribution >= 0.6 is 0 Å². The number of benzene rings is 1. The number of ether oxygens (including phenoxy) is 1. The molecular formula is C15H19N3O2. The fourth-order valence-corrected chi connectivity index (χ4v) is 1.80. The number of hydrogen-bond donors (Lipinski definition) is 2. The number of aromatic nitrogens is 2. The van der Waals surface area contributed by atoms with Gasteiger partial charge in [-0.2, -0.15) is 0 Å². The lowest BCUT2D eigenvalue weighted by molar-refractivity contribution is -0.127. The molecule has 20 heavy (non-hydrogen) atoms. The summed E-state index contributed by atoms with van der Waals surface area (Å²) in [6.07, 6.45) is 4.69. The second-order valence-electron chi connectivity index (χ2n) is 4.50. The maximum atomic E-state index is 11.8. The highest BCUT2D eigenvalue weighted by atomic mass is 16.5. The van der Waals surface area contributed by atoms with Crippen LogP contribution in [-0.4, -0.2) is 28.5 Å². The first-order valence-electron chi connectivity index (χ1n) is 6.73. The molecule has 0 saturated carbocycles. The molecule has 0 bridgehead atoms. The molecule has 1 unspecified atom stereocenters. The third kappa shape index (κ3) is 4.42. The summed E-state index contributed by atoms with van der Waals surface area (Å²) in [5.74, 6) is 1.53. The van der Waals surface area contributed by atoms with Crippen molar-refractivity contribution in [3.63, 3.8) is 0 Å². The Morgan fingerprint density at radius 1 is 1.40 bits per heavy atom. The van der Waals surface area contributed by atoms with Crippen molar-refractivity contribution in [2.24, 2.45) is 0 Å². The Hall–Kier alpha value is -2.30. The van der Waals surface area contributed by atoms with E-state index in [1.165, 1.54) is 0 Å². The molecule has 0 aliphatic rings. The number of carbonyl (C=O) groups excluding carboxylic acids is 1. The predicted molar refractivity (Wildman–Crippen MR) is 76.5 cm³/mol. The van der Waals surface area contributed by atoms with E-state index in [9.17, 15) is 4.79 Å². The molecule has 1 amide bonds. The second kappa shape index (κ2) is 7.33. The minimum Gasteiger partial charge on any atom is -0.481 e. The SMILES string of the molecule is CC(Oc1ccccc1)C(=O)NCCCc1ncc[nH]1. The van der Waals surface area contributed by atoms with E-state index in [4.69, 9.17) is 4.74 Å². The number of para-hydroxylation sites is 1. The maximum Gasteiger partial charge on any atom is 0.260 e. The quantitative estimate of drug-likeness (QED) is 0.757. The summed E-state index contributed by atoms with van der Waals surface area (Å²) in [6.45, 7) is 2.36. The van der Waals surface area contributed by atoms with E-state index in [2.05, 4.69) is 15.3 Å². The highest BCUT2D eigenvalue weighted by Gasteiger charge is 2.13. The van der Waals surface area contributed by atoms with Gasteiger partial charge in [-0.15, -0.1) is 0 Å². The monoisotopic (exact) mass is 273 g/mol. The normalized spacial score (nSPS) is 11.8. The van der Waals surface area contributed by atoms with Crippen molar-refractivity contribution in [2.45, 2.75) is 25.9 Å². The average Bonchev–Trinajstić information content (AvgIpc) is 2.97. The van der Waals surface area contributed by atoms with Crippen LogP contribution < -0.4 is 10.1 Å². The standard InChI is InChI=1S/C15H19N3O2/c1-12(20-13-6-3-2-4-7-13)15(19)18-9-5-8-14-16-10-11-17-14/h2-4,6-7,10-12H,5,8-9H2,1H3,(H,16,17)(H,18,19). The van der Waals surface area contributed by atoms with E-state index in [0.29, 0.717) is 12.3 Å². The van der Waals surface area contributed by atoms with Crippen LogP contribution in [0.3, 0.4) is 0 Å². The molecule has 0 aliphatic carbocycles.